The van der Waals surface area contributed by atoms with Crippen molar-refractivity contribution < 1.29 is 0 Å². The van der Waals surface area contributed by atoms with Crippen molar-refractivity contribution in [3.63, 3.8) is 0 Å². The van der Waals surface area contributed by atoms with Gasteiger partial charge in [-0.05, 0) is 469 Å². The standard InChI is InChI=1S/C19H22S.2C18H24.C13H16S.C12H18/c1-9-8-16-14(6)17-12(4)10(2)11(3)13(5)18(17)15(7)19(16)20-9;2*1-9-10(2)14(6)18-16(8)12(4)11(3)15(7)17(18)13(9)5;1-7-6-12-10(4)8(2)9(3)11(5)13(12)14-7;1-7-8(2)10(4)12(6)11(5)9(7)3/h8H,1-7H3;2*1-8H3;6H,1-5H3;1-6H3. The minimum absolute atomic E-state index is 1.41. The van der Waals surface area contributed by atoms with Gasteiger partial charge in [0.2, 0.25) is 0 Å². The van der Waals surface area contributed by atoms with Gasteiger partial charge in [0.25, 0.3) is 0 Å². The van der Waals surface area contributed by atoms with Gasteiger partial charge in [0.05, 0.1) is 0 Å². The molecule has 0 saturated heterocycles. The van der Waals surface area contributed by atoms with Crippen LogP contribution in [0.5, 0.6) is 0 Å². The minimum Gasteiger partial charge on any atom is -0.140 e. The summed E-state index contributed by atoms with van der Waals surface area (Å²) in [6.45, 7) is 76.4. The molecule has 0 aliphatic carbocycles. The van der Waals surface area contributed by atoms with Crippen LogP contribution in [0.1, 0.15) is 188 Å². The third kappa shape index (κ3) is 11.1. The normalized spacial score (nSPS) is 11.3. The summed E-state index contributed by atoms with van der Waals surface area (Å²) >= 11 is 3.85. The van der Waals surface area contributed by atoms with Crippen molar-refractivity contribution in [1.29, 1.82) is 0 Å². The maximum absolute atomic E-state index is 2.35. The number of hydrogen-bond donors (Lipinski definition) is 0. The molecule has 0 bridgehead atoms. The molecule has 0 amide bonds. The number of benzene rings is 8. The van der Waals surface area contributed by atoms with Crippen molar-refractivity contribution in [1.82, 2.24) is 0 Å². The second-order valence-corrected chi connectivity index (χ2v) is 28.0. The third-order valence-electron chi connectivity index (χ3n) is 21.9. The van der Waals surface area contributed by atoms with Crippen LogP contribution in [-0.2, 0) is 0 Å². The van der Waals surface area contributed by atoms with E-state index in [1.807, 2.05) is 22.7 Å². The first-order valence-electron chi connectivity index (χ1n) is 30.2. The van der Waals surface area contributed by atoms with Crippen molar-refractivity contribution in [2.45, 2.75) is 235 Å². The summed E-state index contributed by atoms with van der Waals surface area (Å²) in [4.78, 5) is 2.82. The van der Waals surface area contributed by atoms with Crippen molar-refractivity contribution in [2.75, 3.05) is 0 Å². The van der Waals surface area contributed by atoms with E-state index in [1.54, 1.807) is 0 Å². The van der Waals surface area contributed by atoms with Gasteiger partial charge in [-0.3, -0.25) is 0 Å². The molecule has 10 aromatic rings. The van der Waals surface area contributed by atoms with Gasteiger partial charge >= 0.3 is 0 Å². The summed E-state index contributed by atoms with van der Waals surface area (Å²) in [6.07, 6.45) is 0. The third-order valence-corrected chi connectivity index (χ3v) is 24.3. The largest absolute Gasteiger partial charge is 0.140 e. The summed E-state index contributed by atoms with van der Waals surface area (Å²) in [7, 11) is 0. The molecule has 0 unspecified atom stereocenters. The summed E-state index contributed by atoms with van der Waals surface area (Å²) in [5.41, 5.74) is 46.5. The number of thiophene rings is 2. The second kappa shape index (κ2) is 24.6. The van der Waals surface area contributed by atoms with Crippen molar-refractivity contribution >= 4 is 75.2 Å². The van der Waals surface area contributed by atoms with Crippen LogP contribution in [0.2, 0.25) is 0 Å². The Morgan fingerprint density at radius 1 is 0.146 bits per heavy atom. The second-order valence-electron chi connectivity index (χ2n) is 25.4. The average Bonchev–Trinajstić information content (AvgIpc) is 3.45. The van der Waals surface area contributed by atoms with E-state index in [9.17, 15) is 0 Å². The molecule has 0 nitrogen and oxygen atoms in total. The maximum atomic E-state index is 2.35. The number of hydrogen-bond acceptors (Lipinski definition) is 2. The lowest BCUT2D eigenvalue weighted by Gasteiger charge is -2.21. The first-order valence-corrected chi connectivity index (χ1v) is 31.9. The molecule has 2 heteroatoms. The number of rotatable bonds is 0. The minimum atomic E-state index is 1.41. The first kappa shape index (κ1) is 65.6. The van der Waals surface area contributed by atoms with E-state index < -0.39 is 0 Å². The molecular weight excluding hydrogens is 1030 g/mol. The Morgan fingerprint density at radius 2 is 0.293 bits per heavy atom. The molecular formula is C80H104S2. The van der Waals surface area contributed by atoms with Gasteiger partial charge in [-0.15, -0.1) is 22.7 Å². The average molecular weight is 1130 g/mol. The van der Waals surface area contributed by atoms with E-state index >= 15 is 0 Å². The lowest BCUT2D eigenvalue weighted by atomic mass is 9.83. The van der Waals surface area contributed by atoms with E-state index in [1.165, 1.54) is 240 Å². The van der Waals surface area contributed by atoms with Crippen molar-refractivity contribution in [3.8, 4) is 0 Å². The van der Waals surface area contributed by atoms with Gasteiger partial charge in [-0.25, -0.2) is 0 Å². The highest BCUT2D eigenvalue weighted by Crippen LogP contribution is 2.43. The molecule has 82 heavy (non-hydrogen) atoms. The maximum Gasteiger partial charge on any atom is 0.0383 e. The van der Waals surface area contributed by atoms with Crippen LogP contribution >= 0.6 is 22.7 Å². The van der Waals surface area contributed by atoms with Gasteiger partial charge < -0.3 is 0 Å². The van der Waals surface area contributed by atoms with E-state index in [0.29, 0.717) is 0 Å². The molecule has 8 aromatic carbocycles. The highest BCUT2D eigenvalue weighted by atomic mass is 32.1. The van der Waals surface area contributed by atoms with Gasteiger partial charge in [0.1, 0.15) is 0 Å². The van der Waals surface area contributed by atoms with Crippen LogP contribution in [0.15, 0.2) is 12.1 Å². The summed E-state index contributed by atoms with van der Waals surface area (Å²) in [5, 5.41) is 11.8. The van der Waals surface area contributed by atoms with E-state index in [2.05, 4.69) is 248 Å². The molecule has 2 aromatic heterocycles. The van der Waals surface area contributed by atoms with Gasteiger partial charge in [0, 0.05) is 19.2 Å². The fourth-order valence-corrected chi connectivity index (χ4v) is 15.8. The molecule has 436 valence electrons. The van der Waals surface area contributed by atoms with Gasteiger partial charge in [0.15, 0.2) is 0 Å². The molecule has 0 saturated carbocycles. The molecule has 0 N–H and O–H groups in total. The Balaban J connectivity index is 0.000000167. The van der Waals surface area contributed by atoms with Crippen LogP contribution in [-0.4, -0.2) is 0 Å². The molecule has 0 radical (unpaired) electrons. The predicted octanol–water partition coefficient (Wildman–Crippen LogP) is 24.8. The quantitative estimate of drug-likeness (QED) is 0.142. The molecule has 0 spiro atoms. The zero-order valence-corrected chi connectivity index (χ0v) is 59.6. The number of aryl methyl sites for hydroxylation is 16. The SMILES string of the molecule is Cc1c(C)c(C)c(C)c(C)c1C.Cc1c(C)c(C)c2c(C)c(C)c(C)c(C)c2c1C.Cc1c(C)c(C)c2c(C)c(C)c(C)c(C)c2c1C.Cc1cc2c(C)c(C)c(C)c(C)c2s1.Cc1cc2c(C)c3c(C)c(C)c(C)c(C)c3c(C)c2s1. The summed E-state index contributed by atoms with van der Waals surface area (Å²) in [5.74, 6) is 0. The molecule has 10 rings (SSSR count). The van der Waals surface area contributed by atoms with Crippen LogP contribution in [0.3, 0.4) is 0 Å². The number of fused-ring (bicyclic) bond motifs is 5. The highest BCUT2D eigenvalue weighted by Gasteiger charge is 2.20. The Hall–Kier alpha value is -5.54. The van der Waals surface area contributed by atoms with Crippen LogP contribution in [0.25, 0.3) is 52.5 Å². The predicted molar refractivity (Wildman–Crippen MR) is 377 cm³/mol. The van der Waals surface area contributed by atoms with Gasteiger partial charge in [-0.2, -0.15) is 0 Å². The van der Waals surface area contributed by atoms with Crippen molar-refractivity contribution in [2.24, 2.45) is 0 Å². The smallest absolute Gasteiger partial charge is 0.0383 e. The molecule has 0 atom stereocenters. The van der Waals surface area contributed by atoms with Crippen LogP contribution < -0.4 is 0 Å². The van der Waals surface area contributed by atoms with Gasteiger partial charge in [-0.1, -0.05) is 0 Å². The van der Waals surface area contributed by atoms with E-state index in [4.69, 9.17) is 0 Å². The zero-order valence-electron chi connectivity index (χ0n) is 58.0. The van der Waals surface area contributed by atoms with E-state index in [-0.39, 0.29) is 0 Å². The molecule has 0 aliphatic heterocycles. The zero-order chi connectivity index (χ0) is 62.2. The Labute approximate surface area is 507 Å². The van der Waals surface area contributed by atoms with E-state index in [0.717, 1.165) is 0 Å². The van der Waals surface area contributed by atoms with Crippen LogP contribution in [0, 0.1) is 235 Å². The molecule has 2 heterocycles. The topological polar surface area (TPSA) is 0 Å². The monoisotopic (exact) mass is 1130 g/mol. The molecule has 0 fully saturated rings. The fraction of sp³-hybridized carbons (Fsp3) is 0.425. The summed E-state index contributed by atoms with van der Waals surface area (Å²) < 4.78 is 2.95. The fourth-order valence-electron chi connectivity index (χ4n) is 13.6. The van der Waals surface area contributed by atoms with Crippen LogP contribution in [0.4, 0.5) is 0 Å². The Kier molecular flexibility index (Phi) is 19.7. The van der Waals surface area contributed by atoms with Crippen molar-refractivity contribution in [3.05, 3.63) is 200 Å². The highest BCUT2D eigenvalue weighted by molar-refractivity contribution is 7.19. The Bertz CT molecular complexity index is 3690. The molecule has 0 aliphatic rings. The lowest BCUT2D eigenvalue weighted by Crippen LogP contribution is -2.01. The first-order chi connectivity index (χ1) is 37.9. The lowest BCUT2D eigenvalue weighted by molar-refractivity contribution is 1.13. The summed E-state index contributed by atoms with van der Waals surface area (Å²) in [6, 6.07) is 4.67. The Morgan fingerprint density at radius 3 is 0.524 bits per heavy atom.